The first-order chi connectivity index (χ1) is 11.5. The van der Waals surface area contributed by atoms with Crippen LogP contribution in [0, 0.1) is 6.92 Å². The monoisotopic (exact) mass is 387 g/mol. The molecule has 1 aromatic heterocycles. The second kappa shape index (κ2) is 8.86. The molecule has 1 aromatic carbocycles. The van der Waals surface area contributed by atoms with Crippen molar-refractivity contribution in [1.29, 1.82) is 0 Å². The lowest BCUT2D eigenvalue weighted by atomic mass is 10.2. The number of amides is 1. The Bertz CT molecular complexity index is 739. The van der Waals surface area contributed by atoms with E-state index in [0.717, 1.165) is 5.56 Å². The number of benzene rings is 1. The van der Waals surface area contributed by atoms with E-state index in [-0.39, 0.29) is 24.2 Å². The topological polar surface area (TPSA) is 90.4 Å². The highest BCUT2D eigenvalue weighted by atomic mass is 35.5. The van der Waals surface area contributed by atoms with Crippen molar-refractivity contribution in [2.75, 3.05) is 24.8 Å². The number of hydrogen-bond acceptors (Lipinski definition) is 8. The third kappa shape index (κ3) is 5.66. The van der Waals surface area contributed by atoms with Crippen LogP contribution in [0.5, 0.6) is 5.75 Å². The van der Waals surface area contributed by atoms with Gasteiger partial charge in [0.1, 0.15) is 5.75 Å². The number of nitrogens with one attached hydrogen (secondary N) is 1. The molecule has 2 rings (SSSR count). The smallest absolute Gasteiger partial charge is 0.316 e. The molecule has 0 aliphatic heterocycles. The Morgan fingerprint density at radius 2 is 2.17 bits per heavy atom. The van der Waals surface area contributed by atoms with E-state index in [0.29, 0.717) is 20.2 Å². The van der Waals surface area contributed by atoms with Crippen LogP contribution in [0.1, 0.15) is 5.56 Å². The average Bonchev–Trinajstić information content (AvgIpc) is 3.01. The van der Waals surface area contributed by atoms with E-state index in [1.807, 2.05) is 6.92 Å². The van der Waals surface area contributed by atoms with Crippen molar-refractivity contribution in [3.63, 3.8) is 0 Å². The van der Waals surface area contributed by atoms with E-state index in [1.54, 1.807) is 18.2 Å². The highest BCUT2D eigenvalue weighted by Crippen LogP contribution is 2.25. The Morgan fingerprint density at radius 3 is 2.88 bits per heavy atom. The van der Waals surface area contributed by atoms with E-state index in [4.69, 9.17) is 16.3 Å². The first kappa shape index (κ1) is 18.5. The van der Waals surface area contributed by atoms with Gasteiger partial charge >= 0.3 is 5.97 Å². The minimum atomic E-state index is -0.358. The molecular weight excluding hydrogens is 374 g/mol. The Kier molecular flexibility index (Phi) is 6.83. The van der Waals surface area contributed by atoms with Crippen LogP contribution in [0.15, 0.2) is 22.5 Å². The predicted octanol–water partition coefficient (Wildman–Crippen LogP) is 2.78. The molecule has 0 spiro atoms. The second-order valence-electron chi connectivity index (χ2n) is 4.49. The van der Waals surface area contributed by atoms with E-state index in [2.05, 4.69) is 20.3 Å². The molecule has 128 valence electrons. The second-order valence-corrected chi connectivity index (χ2v) is 7.09. The Labute approximate surface area is 151 Å². The number of halogens is 1. The molecule has 24 heavy (non-hydrogen) atoms. The molecule has 0 aliphatic rings. The summed E-state index contributed by atoms with van der Waals surface area (Å²) < 4.78 is 10.5. The molecule has 1 N–H and O–H groups in total. The summed E-state index contributed by atoms with van der Waals surface area (Å²) in [4.78, 5) is 22.9. The quantitative estimate of drug-likeness (QED) is 0.443. The molecule has 1 heterocycles. The van der Waals surface area contributed by atoms with Crippen molar-refractivity contribution in [3.8, 4) is 5.75 Å². The highest BCUT2D eigenvalue weighted by molar-refractivity contribution is 8.01. The van der Waals surface area contributed by atoms with Gasteiger partial charge in [0.2, 0.25) is 5.13 Å². The third-order valence-electron chi connectivity index (χ3n) is 2.69. The van der Waals surface area contributed by atoms with Gasteiger partial charge in [0.25, 0.3) is 5.91 Å². The number of rotatable bonds is 7. The van der Waals surface area contributed by atoms with Gasteiger partial charge in [-0.15, -0.1) is 10.2 Å². The van der Waals surface area contributed by atoms with Crippen LogP contribution in [-0.4, -0.2) is 41.5 Å². The lowest BCUT2D eigenvalue weighted by Crippen LogP contribution is -2.20. The normalized spacial score (nSPS) is 10.3. The largest absolute Gasteiger partial charge is 0.484 e. The standard InChI is InChI=1S/C14H14ClN3O4S2/c1-8-5-9(3-4-10(8)15)22-6-11(19)16-13-17-18-14(24-13)23-7-12(20)21-2/h3-5H,6-7H2,1-2H3,(H,16,17,19). The van der Waals surface area contributed by atoms with Gasteiger partial charge in [-0.1, -0.05) is 34.7 Å². The fourth-order valence-corrected chi connectivity index (χ4v) is 3.23. The van der Waals surface area contributed by atoms with Gasteiger partial charge in [-0.05, 0) is 30.7 Å². The molecule has 0 unspecified atom stereocenters. The Hall–Kier alpha value is -1.84. The SMILES string of the molecule is COC(=O)CSc1nnc(NC(=O)COc2ccc(Cl)c(C)c2)s1. The number of esters is 1. The van der Waals surface area contributed by atoms with Crippen LogP contribution >= 0.6 is 34.7 Å². The highest BCUT2D eigenvalue weighted by Gasteiger charge is 2.11. The van der Waals surface area contributed by atoms with Crippen LogP contribution in [0.2, 0.25) is 5.02 Å². The molecule has 1 amide bonds. The first-order valence-electron chi connectivity index (χ1n) is 6.70. The molecule has 2 aromatic rings. The van der Waals surface area contributed by atoms with Crippen molar-refractivity contribution in [2.24, 2.45) is 0 Å². The summed E-state index contributed by atoms with van der Waals surface area (Å²) in [6, 6.07) is 5.15. The zero-order valence-electron chi connectivity index (χ0n) is 12.9. The average molecular weight is 388 g/mol. The summed E-state index contributed by atoms with van der Waals surface area (Å²) in [7, 11) is 1.32. The third-order valence-corrected chi connectivity index (χ3v) is 5.06. The van der Waals surface area contributed by atoms with Crippen molar-refractivity contribution >= 4 is 51.7 Å². The van der Waals surface area contributed by atoms with Crippen LogP contribution < -0.4 is 10.1 Å². The molecule has 0 saturated carbocycles. The lowest BCUT2D eigenvalue weighted by molar-refractivity contribution is -0.137. The summed E-state index contributed by atoms with van der Waals surface area (Å²) in [5.41, 5.74) is 0.867. The molecule has 0 aliphatic carbocycles. The number of hydrogen-bond donors (Lipinski definition) is 1. The van der Waals surface area contributed by atoms with Crippen LogP contribution in [0.4, 0.5) is 5.13 Å². The summed E-state index contributed by atoms with van der Waals surface area (Å²) in [6.45, 7) is 1.69. The Morgan fingerprint density at radius 1 is 1.38 bits per heavy atom. The van der Waals surface area contributed by atoms with Crippen LogP contribution in [0.25, 0.3) is 0 Å². The lowest BCUT2D eigenvalue weighted by Gasteiger charge is -2.07. The maximum atomic E-state index is 11.9. The molecule has 0 fully saturated rings. The molecule has 0 bridgehead atoms. The van der Waals surface area contributed by atoms with Gasteiger partial charge in [-0.3, -0.25) is 14.9 Å². The molecule has 0 atom stereocenters. The van der Waals surface area contributed by atoms with Crippen molar-refractivity contribution in [2.45, 2.75) is 11.3 Å². The summed E-state index contributed by atoms with van der Waals surface area (Å²) in [5.74, 6) is -0.0210. The van der Waals surface area contributed by atoms with E-state index in [9.17, 15) is 9.59 Å². The van der Waals surface area contributed by atoms with Crippen LogP contribution in [0.3, 0.4) is 0 Å². The number of nitrogens with zero attached hydrogens (tertiary/aromatic N) is 2. The molecule has 7 nitrogen and oxygen atoms in total. The van der Waals surface area contributed by atoms with E-state index < -0.39 is 0 Å². The number of anilines is 1. The minimum absolute atomic E-state index is 0.137. The van der Waals surface area contributed by atoms with Crippen molar-refractivity contribution in [3.05, 3.63) is 28.8 Å². The van der Waals surface area contributed by atoms with Gasteiger partial charge in [-0.2, -0.15) is 0 Å². The number of methoxy groups -OCH3 is 1. The van der Waals surface area contributed by atoms with E-state index >= 15 is 0 Å². The fourth-order valence-electron chi connectivity index (χ4n) is 1.51. The molecule has 0 saturated heterocycles. The zero-order chi connectivity index (χ0) is 17.5. The maximum absolute atomic E-state index is 11.9. The minimum Gasteiger partial charge on any atom is -0.484 e. The molecule has 10 heteroatoms. The number of ether oxygens (including phenoxy) is 2. The molecular formula is C14H14ClN3O4S2. The number of carbonyl (C=O) groups is 2. The van der Waals surface area contributed by atoms with E-state index in [1.165, 1.54) is 30.2 Å². The fraction of sp³-hybridized carbons (Fsp3) is 0.286. The Balaban J connectivity index is 1.80. The number of carbonyl (C=O) groups excluding carboxylic acids is 2. The molecule has 0 radical (unpaired) electrons. The van der Waals surface area contributed by atoms with Gasteiger partial charge in [0, 0.05) is 5.02 Å². The number of aryl methyl sites for hydroxylation is 1. The van der Waals surface area contributed by atoms with Crippen molar-refractivity contribution < 1.29 is 19.1 Å². The summed E-state index contributed by atoms with van der Waals surface area (Å²) in [5, 5.41) is 11.3. The van der Waals surface area contributed by atoms with Gasteiger partial charge in [0.15, 0.2) is 10.9 Å². The predicted molar refractivity (Wildman–Crippen MR) is 93.0 cm³/mol. The summed E-state index contributed by atoms with van der Waals surface area (Å²) in [6.07, 6.45) is 0. The van der Waals surface area contributed by atoms with Crippen LogP contribution in [-0.2, 0) is 14.3 Å². The number of aromatic nitrogens is 2. The van der Waals surface area contributed by atoms with Gasteiger partial charge in [-0.25, -0.2) is 0 Å². The first-order valence-corrected chi connectivity index (χ1v) is 8.88. The number of thioether (sulfide) groups is 1. The van der Waals surface area contributed by atoms with Gasteiger partial charge < -0.3 is 9.47 Å². The maximum Gasteiger partial charge on any atom is 0.316 e. The van der Waals surface area contributed by atoms with Gasteiger partial charge in [0.05, 0.1) is 12.9 Å². The summed E-state index contributed by atoms with van der Waals surface area (Å²) >= 11 is 8.29. The van der Waals surface area contributed by atoms with Crippen molar-refractivity contribution in [1.82, 2.24) is 10.2 Å². The zero-order valence-corrected chi connectivity index (χ0v) is 15.3.